The largest absolute Gasteiger partial charge is 0.300 e. The lowest BCUT2D eigenvalue weighted by Crippen LogP contribution is -2.31. The summed E-state index contributed by atoms with van der Waals surface area (Å²) in [5.41, 5.74) is 2.18. The maximum absolute atomic E-state index is 11.0. The van der Waals surface area contributed by atoms with Gasteiger partial charge in [-0.15, -0.1) is 0 Å². The van der Waals surface area contributed by atoms with Crippen molar-refractivity contribution in [2.24, 2.45) is 11.8 Å². The standard InChI is InChI=1S/C13H27N3O/c1-11(2)8-10-16(12-6-7-12)9-4-3-5-13(17)15-14/h11-12H,3-10,14H2,1-2H3,(H,15,17). The number of amides is 1. The fourth-order valence-corrected chi connectivity index (χ4v) is 2.01. The molecule has 0 saturated heterocycles. The minimum atomic E-state index is -0.0508. The molecule has 0 atom stereocenters. The van der Waals surface area contributed by atoms with Crippen molar-refractivity contribution in [1.82, 2.24) is 10.3 Å². The van der Waals surface area contributed by atoms with Crippen LogP contribution in [0.15, 0.2) is 0 Å². The van der Waals surface area contributed by atoms with Gasteiger partial charge in [0.2, 0.25) is 5.91 Å². The average Bonchev–Trinajstić information content (AvgIpc) is 3.11. The molecule has 1 aliphatic carbocycles. The summed E-state index contributed by atoms with van der Waals surface area (Å²) < 4.78 is 0. The second kappa shape index (κ2) is 7.67. The third-order valence-electron chi connectivity index (χ3n) is 3.32. The van der Waals surface area contributed by atoms with Gasteiger partial charge in [0.15, 0.2) is 0 Å². The van der Waals surface area contributed by atoms with Crippen LogP contribution in [0.5, 0.6) is 0 Å². The predicted octanol–water partition coefficient (Wildman–Crippen LogP) is 1.66. The predicted molar refractivity (Wildman–Crippen MR) is 70.2 cm³/mol. The Bertz CT molecular complexity index is 227. The molecule has 0 aromatic carbocycles. The molecule has 4 heteroatoms. The van der Waals surface area contributed by atoms with Crippen molar-refractivity contribution in [3.05, 3.63) is 0 Å². The first-order chi connectivity index (χ1) is 8.13. The molecule has 0 radical (unpaired) electrons. The van der Waals surface area contributed by atoms with Crippen molar-refractivity contribution in [2.75, 3.05) is 13.1 Å². The van der Waals surface area contributed by atoms with Gasteiger partial charge in [-0.1, -0.05) is 13.8 Å². The summed E-state index contributed by atoms with van der Waals surface area (Å²) >= 11 is 0. The number of nitrogens with one attached hydrogen (secondary N) is 1. The van der Waals surface area contributed by atoms with Crippen LogP contribution in [0.25, 0.3) is 0 Å². The van der Waals surface area contributed by atoms with Gasteiger partial charge in [-0.05, 0) is 51.1 Å². The fourth-order valence-electron chi connectivity index (χ4n) is 2.01. The molecule has 1 fully saturated rings. The molecule has 3 N–H and O–H groups in total. The lowest BCUT2D eigenvalue weighted by atomic mass is 10.1. The molecule has 1 amide bonds. The van der Waals surface area contributed by atoms with Gasteiger partial charge in [0.1, 0.15) is 0 Å². The molecule has 1 saturated carbocycles. The number of unbranched alkanes of at least 4 members (excludes halogenated alkanes) is 1. The number of rotatable bonds is 9. The number of hydrogen-bond acceptors (Lipinski definition) is 3. The number of nitrogens with two attached hydrogens (primary N) is 1. The molecule has 100 valence electrons. The van der Waals surface area contributed by atoms with Crippen LogP contribution in [0.4, 0.5) is 0 Å². The van der Waals surface area contributed by atoms with E-state index in [1.807, 2.05) is 0 Å². The average molecular weight is 241 g/mol. The van der Waals surface area contributed by atoms with Gasteiger partial charge in [0.05, 0.1) is 0 Å². The van der Waals surface area contributed by atoms with E-state index in [0.717, 1.165) is 31.3 Å². The second-order valence-electron chi connectivity index (χ2n) is 5.47. The number of hydrogen-bond donors (Lipinski definition) is 2. The third-order valence-corrected chi connectivity index (χ3v) is 3.32. The van der Waals surface area contributed by atoms with Gasteiger partial charge in [-0.3, -0.25) is 10.2 Å². The number of carbonyl (C=O) groups is 1. The van der Waals surface area contributed by atoms with E-state index in [0.29, 0.717) is 6.42 Å². The molecule has 0 aromatic heterocycles. The summed E-state index contributed by atoms with van der Waals surface area (Å²) in [5.74, 6) is 5.77. The van der Waals surface area contributed by atoms with Crippen LogP contribution >= 0.6 is 0 Å². The molecule has 4 nitrogen and oxygen atoms in total. The van der Waals surface area contributed by atoms with Gasteiger partial charge in [-0.25, -0.2) is 5.84 Å². The zero-order chi connectivity index (χ0) is 12.7. The van der Waals surface area contributed by atoms with E-state index in [1.54, 1.807) is 0 Å². The van der Waals surface area contributed by atoms with E-state index in [-0.39, 0.29) is 5.91 Å². The maximum Gasteiger partial charge on any atom is 0.233 e. The Morgan fingerprint density at radius 1 is 1.35 bits per heavy atom. The van der Waals surface area contributed by atoms with Gasteiger partial charge >= 0.3 is 0 Å². The van der Waals surface area contributed by atoms with E-state index in [4.69, 9.17) is 5.84 Å². The van der Waals surface area contributed by atoms with Gasteiger partial charge in [0.25, 0.3) is 0 Å². The van der Waals surface area contributed by atoms with Crippen molar-refractivity contribution in [1.29, 1.82) is 0 Å². The van der Waals surface area contributed by atoms with Crippen LogP contribution in [0.3, 0.4) is 0 Å². The van der Waals surface area contributed by atoms with E-state index in [9.17, 15) is 4.79 Å². The molecule has 0 aliphatic heterocycles. The molecule has 0 aromatic rings. The molecule has 0 unspecified atom stereocenters. The van der Waals surface area contributed by atoms with Gasteiger partial charge in [-0.2, -0.15) is 0 Å². The zero-order valence-corrected chi connectivity index (χ0v) is 11.2. The highest BCUT2D eigenvalue weighted by atomic mass is 16.2. The second-order valence-corrected chi connectivity index (χ2v) is 5.47. The van der Waals surface area contributed by atoms with Crippen LogP contribution in [-0.4, -0.2) is 29.9 Å². The summed E-state index contributed by atoms with van der Waals surface area (Å²) in [6.45, 7) is 6.90. The summed E-state index contributed by atoms with van der Waals surface area (Å²) in [6, 6.07) is 0.831. The SMILES string of the molecule is CC(C)CCN(CCCCC(=O)NN)C1CC1. The van der Waals surface area contributed by atoms with Crippen molar-refractivity contribution >= 4 is 5.91 Å². The van der Waals surface area contributed by atoms with Crippen LogP contribution in [0.1, 0.15) is 52.4 Å². The topological polar surface area (TPSA) is 58.4 Å². The van der Waals surface area contributed by atoms with E-state index < -0.39 is 0 Å². The summed E-state index contributed by atoms with van der Waals surface area (Å²) in [7, 11) is 0. The highest BCUT2D eigenvalue weighted by Gasteiger charge is 2.28. The summed E-state index contributed by atoms with van der Waals surface area (Å²) in [4.78, 5) is 13.6. The Morgan fingerprint density at radius 2 is 2.06 bits per heavy atom. The van der Waals surface area contributed by atoms with E-state index >= 15 is 0 Å². The zero-order valence-electron chi connectivity index (χ0n) is 11.2. The van der Waals surface area contributed by atoms with Crippen LogP contribution < -0.4 is 11.3 Å². The first-order valence-corrected chi connectivity index (χ1v) is 6.87. The quantitative estimate of drug-likeness (QED) is 0.279. The van der Waals surface area contributed by atoms with E-state index in [2.05, 4.69) is 24.2 Å². The number of hydrazine groups is 1. The van der Waals surface area contributed by atoms with E-state index in [1.165, 1.54) is 25.8 Å². The smallest absolute Gasteiger partial charge is 0.233 e. The highest BCUT2D eigenvalue weighted by Crippen LogP contribution is 2.27. The molecule has 1 rings (SSSR count). The fraction of sp³-hybridized carbons (Fsp3) is 0.923. The first kappa shape index (κ1) is 14.5. The lowest BCUT2D eigenvalue weighted by Gasteiger charge is -2.22. The minimum Gasteiger partial charge on any atom is -0.300 e. The first-order valence-electron chi connectivity index (χ1n) is 6.87. The lowest BCUT2D eigenvalue weighted by molar-refractivity contribution is -0.121. The Hall–Kier alpha value is -0.610. The third kappa shape index (κ3) is 6.64. The Balaban J connectivity index is 2.10. The van der Waals surface area contributed by atoms with Crippen molar-refractivity contribution in [2.45, 2.75) is 58.4 Å². The maximum atomic E-state index is 11.0. The van der Waals surface area contributed by atoms with Crippen LogP contribution in [0.2, 0.25) is 0 Å². The van der Waals surface area contributed by atoms with Crippen LogP contribution in [-0.2, 0) is 4.79 Å². The summed E-state index contributed by atoms with van der Waals surface area (Å²) in [6.07, 6.45) is 6.59. The van der Waals surface area contributed by atoms with Crippen molar-refractivity contribution in [3.8, 4) is 0 Å². The molecule has 1 aliphatic rings. The molecular weight excluding hydrogens is 214 g/mol. The van der Waals surface area contributed by atoms with Gasteiger partial charge in [0, 0.05) is 12.5 Å². The Labute approximate surface area is 105 Å². The Kier molecular flexibility index (Phi) is 6.52. The molecule has 0 spiro atoms. The normalized spacial score (nSPS) is 15.6. The minimum absolute atomic E-state index is 0.0508. The molecular formula is C13H27N3O. The van der Waals surface area contributed by atoms with Gasteiger partial charge < -0.3 is 4.90 Å². The van der Waals surface area contributed by atoms with Crippen molar-refractivity contribution in [3.63, 3.8) is 0 Å². The summed E-state index contributed by atoms with van der Waals surface area (Å²) in [5, 5.41) is 0. The molecule has 17 heavy (non-hydrogen) atoms. The van der Waals surface area contributed by atoms with Crippen molar-refractivity contribution < 1.29 is 4.79 Å². The Morgan fingerprint density at radius 3 is 2.59 bits per heavy atom. The monoisotopic (exact) mass is 241 g/mol. The molecule has 0 bridgehead atoms. The highest BCUT2D eigenvalue weighted by molar-refractivity contribution is 5.75. The number of carbonyl (C=O) groups excluding carboxylic acids is 1. The molecule has 0 heterocycles. The van der Waals surface area contributed by atoms with Crippen LogP contribution in [0, 0.1) is 5.92 Å². The number of nitrogens with zero attached hydrogens (tertiary/aromatic N) is 1.